The van der Waals surface area contributed by atoms with E-state index < -0.39 is 0 Å². The van der Waals surface area contributed by atoms with Gasteiger partial charge in [0.05, 0.1) is 11.6 Å². The van der Waals surface area contributed by atoms with Crippen molar-refractivity contribution < 1.29 is 4.74 Å². The van der Waals surface area contributed by atoms with Crippen molar-refractivity contribution in [2.24, 2.45) is 0 Å². The highest BCUT2D eigenvalue weighted by Gasteiger charge is 2.43. The maximum atomic E-state index is 6.48. The average Bonchev–Trinajstić information content (AvgIpc) is 3.10. The van der Waals surface area contributed by atoms with E-state index in [4.69, 9.17) is 16.3 Å². The molecule has 2 aliphatic rings. The lowest BCUT2D eigenvalue weighted by atomic mass is 9.86. The van der Waals surface area contributed by atoms with Gasteiger partial charge in [0.25, 0.3) is 0 Å². The number of hydrogen-bond acceptors (Lipinski definition) is 4. The fourth-order valence-corrected chi connectivity index (χ4v) is 4.73. The van der Waals surface area contributed by atoms with Gasteiger partial charge >= 0.3 is 0 Å². The molecule has 1 aromatic heterocycles. The molecule has 1 N–H and O–H groups in total. The molecule has 27 heavy (non-hydrogen) atoms. The van der Waals surface area contributed by atoms with Crippen molar-refractivity contribution >= 4 is 28.3 Å². The van der Waals surface area contributed by atoms with E-state index in [2.05, 4.69) is 34.3 Å². The van der Waals surface area contributed by atoms with Crippen LogP contribution in [-0.2, 0) is 0 Å². The van der Waals surface area contributed by atoms with Crippen molar-refractivity contribution in [2.75, 3.05) is 5.32 Å². The lowest BCUT2D eigenvalue weighted by molar-refractivity contribution is 0.0453. The number of hydrogen-bond donors (Lipinski definition) is 1. The van der Waals surface area contributed by atoms with Crippen LogP contribution >= 0.6 is 11.6 Å². The molecule has 1 spiro atoms. The highest BCUT2D eigenvalue weighted by Crippen LogP contribution is 2.48. The van der Waals surface area contributed by atoms with Gasteiger partial charge in [-0.1, -0.05) is 23.2 Å². The Morgan fingerprint density at radius 3 is 2.81 bits per heavy atom. The van der Waals surface area contributed by atoms with Gasteiger partial charge in [0.2, 0.25) is 0 Å². The molecule has 1 saturated carbocycles. The van der Waals surface area contributed by atoms with E-state index in [1.54, 1.807) is 6.33 Å². The second kappa shape index (κ2) is 6.38. The van der Waals surface area contributed by atoms with Crippen LogP contribution in [0, 0.1) is 6.92 Å². The van der Waals surface area contributed by atoms with E-state index in [-0.39, 0.29) is 11.6 Å². The summed E-state index contributed by atoms with van der Waals surface area (Å²) in [4.78, 5) is 8.96. The second-order valence-corrected chi connectivity index (χ2v) is 8.25. The van der Waals surface area contributed by atoms with Crippen molar-refractivity contribution in [3.63, 3.8) is 0 Å². The third-order valence-corrected chi connectivity index (χ3v) is 6.10. The predicted molar refractivity (Wildman–Crippen MR) is 109 cm³/mol. The topological polar surface area (TPSA) is 47.0 Å². The zero-order valence-electron chi connectivity index (χ0n) is 15.3. The molecule has 0 radical (unpaired) electrons. The summed E-state index contributed by atoms with van der Waals surface area (Å²) in [6, 6.07) is 12.3. The average molecular weight is 380 g/mol. The van der Waals surface area contributed by atoms with E-state index in [0.717, 1.165) is 52.3 Å². The molecule has 3 aromatic rings. The predicted octanol–water partition coefficient (Wildman–Crippen LogP) is 5.84. The number of nitrogens with one attached hydrogen (secondary N) is 1. The minimum absolute atomic E-state index is 0.0722. The molecule has 1 aliphatic carbocycles. The molecule has 0 unspecified atom stereocenters. The van der Waals surface area contributed by atoms with Crippen LogP contribution in [0.3, 0.4) is 0 Å². The van der Waals surface area contributed by atoms with Gasteiger partial charge in [-0.2, -0.15) is 0 Å². The zero-order chi connectivity index (χ0) is 18.4. The molecule has 2 heterocycles. The Hall–Kier alpha value is -2.33. The molecule has 5 rings (SSSR count). The fourth-order valence-electron chi connectivity index (χ4n) is 4.55. The number of aromatic nitrogens is 2. The highest BCUT2D eigenvalue weighted by atomic mass is 35.5. The Bertz CT molecular complexity index is 1010. The molecule has 0 bridgehead atoms. The maximum absolute atomic E-state index is 6.48. The Kier molecular flexibility index (Phi) is 3.97. The Balaban J connectivity index is 1.58. The van der Waals surface area contributed by atoms with Crippen molar-refractivity contribution in [3.8, 4) is 5.75 Å². The van der Waals surface area contributed by atoms with Gasteiger partial charge < -0.3 is 10.1 Å². The smallest absolute Gasteiger partial charge is 0.137 e. The summed E-state index contributed by atoms with van der Waals surface area (Å²) in [6.07, 6.45) is 7.23. The molecule has 0 amide bonds. The normalized spacial score (nSPS) is 20.4. The minimum atomic E-state index is -0.0722. The van der Waals surface area contributed by atoms with Gasteiger partial charge in [0.15, 0.2) is 0 Å². The molecule has 138 valence electrons. The summed E-state index contributed by atoms with van der Waals surface area (Å²) >= 11 is 6.30. The van der Waals surface area contributed by atoms with Crippen LogP contribution in [0.1, 0.15) is 49.3 Å². The molecule has 2 aromatic carbocycles. The number of halogens is 1. The molecule has 4 nitrogen and oxygen atoms in total. The molecule has 1 atom stereocenters. The fraction of sp³-hybridized carbons (Fsp3) is 0.364. The monoisotopic (exact) mass is 379 g/mol. The Morgan fingerprint density at radius 1 is 1.11 bits per heavy atom. The number of aryl methyl sites for hydroxylation is 1. The van der Waals surface area contributed by atoms with Gasteiger partial charge in [-0.3, -0.25) is 0 Å². The van der Waals surface area contributed by atoms with E-state index in [0.29, 0.717) is 0 Å². The molecular formula is C22H22ClN3O. The quantitative estimate of drug-likeness (QED) is 0.607. The lowest BCUT2D eigenvalue weighted by Gasteiger charge is -2.40. The summed E-state index contributed by atoms with van der Waals surface area (Å²) in [5.74, 6) is 1.81. The van der Waals surface area contributed by atoms with Crippen molar-refractivity contribution in [1.82, 2.24) is 9.97 Å². The van der Waals surface area contributed by atoms with Crippen LogP contribution in [0.15, 0.2) is 42.7 Å². The number of rotatable bonds is 2. The molecular weight excluding hydrogens is 358 g/mol. The van der Waals surface area contributed by atoms with Crippen LogP contribution in [0.25, 0.3) is 10.9 Å². The summed E-state index contributed by atoms with van der Waals surface area (Å²) in [5.41, 5.74) is 3.19. The van der Waals surface area contributed by atoms with Gasteiger partial charge in [-0.15, -0.1) is 0 Å². The SMILES string of the molecule is Cc1ccc2ncnc(N[C@H]3CC4(CCCC4)Oc4ccc(Cl)cc43)c2c1. The second-order valence-electron chi connectivity index (χ2n) is 7.82. The van der Waals surface area contributed by atoms with E-state index in [1.165, 1.54) is 18.4 Å². The Morgan fingerprint density at radius 2 is 1.96 bits per heavy atom. The van der Waals surface area contributed by atoms with Crippen molar-refractivity contribution in [3.05, 3.63) is 58.9 Å². The molecule has 1 fully saturated rings. The van der Waals surface area contributed by atoms with E-state index in [1.807, 2.05) is 24.3 Å². The van der Waals surface area contributed by atoms with Gasteiger partial charge in [0, 0.05) is 22.4 Å². The number of anilines is 1. The van der Waals surface area contributed by atoms with E-state index in [9.17, 15) is 0 Å². The zero-order valence-corrected chi connectivity index (χ0v) is 16.1. The third-order valence-electron chi connectivity index (χ3n) is 5.87. The first-order valence-corrected chi connectivity index (χ1v) is 9.96. The number of fused-ring (bicyclic) bond motifs is 2. The first-order valence-electron chi connectivity index (χ1n) is 9.58. The van der Waals surface area contributed by atoms with Crippen LogP contribution in [0.5, 0.6) is 5.75 Å². The van der Waals surface area contributed by atoms with Crippen LogP contribution < -0.4 is 10.1 Å². The number of benzene rings is 2. The lowest BCUT2D eigenvalue weighted by Crippen LogP contribution is -2.40. The first kappa shape index (κ1) is 16.8. The largest absolute Gasteiger partial charge is 0.487 e. The maximum Gasteiger partial charge on any atom is 0.137 e. The van der Waals surface area contributed by atoms with E-state index >= 15 is 0 Å². The molecule has 5 heteroatoms. The number of nitrogens with zero attached hydrogens (tertiary/aromatic N) is 2. The summed E-state index contributed by atoms with van der Waals surface area (Å²) in [6.45, 7) is 2.09. The van der Waals surface area contributed by atoms with Gasteiger partial charge in [-0.25, -0.2) is 9.97 Å². The highest BCUT2D eigenvalue weighted by molar-refractivity contribution is 6.30. The summed E-state index contributed by atoms with van der Waals surface area (Å²) in [7, 11) is 0. The third kappa shape index (κ3) is 3.02. The van der Waals surface area contributed by atoms with Gasteiger partial charge in [-0.05, 0) is 62.9 Å². The van der Waals surface area contributed by atoms with Crippen molar-refractivity contribution in [1.29, 1.82) is 0 Å². The standard InChI is InChI=1S/C22H22ClN3O/c1-14-4-6-18-17(10-14)21(25-13-24-18)26-19-12-22(8-2-3-9-22)27-20-7-5-15(23)11-16(19)20/h4-7,10-11,13,19H,2-3,8-9,12H2,1H3,(H,24,25,26)/t19-/m0/s1. The van der Waals surface area contributed by atoms with Crippen LogP contribution in [0.4, 0.5) is 5.82 Å². The van der Waals surface area contributed by atoms with Crippen LogP contribution in [-0.4, -0.2) is 15.6 Å². The molecule has 1 aliphatic heterocycles. The number of ether oxygens (including phenoxy) is 1. The van der Waals surface area contributed by atoms with Crippen molar-refractivity contribution in [2.45, 2.75) is 50.7 Å². The van der Waals surface area contributed by atoms with Crippen LogP contribution in [0.2, 0.25) is 5.02 Å². The minimum Gasteiger partial charge on any atom is -0.487 e. The van der Waals surface area contributed by atoms with Gasteiger partial charge in [0.1, 0.15) is 23.5 Å². The molecule has 0 saturated heterocycles. The Labute approximate surface area is 163 Å². The summed E-state index contributed by atoms with van der Waals surface area (Å²) in [5, 5.41) is 5.48. The summed E-state index contributed by atoms with van der Waals surface area (Å²) < 4.78 is 6.48. The first-order chi connectivity index (χ1) is 13.1.